The summed E-state index contributed by atoms with van der Waals surface area (Å²) in [6, 6.07) is 0. The number of carbonyl (C=O) groups excluding carboxylic acids is 1. The Kier molecular flexibility index (Phi) is 4.14. The fraction of sp³-hybridized carbons (Fsp3) is 0.917. The van der Waals surface area contributed by atoms with Gasteiger partial charge in [0, 0.05) is 25.4 Å². The molecule has 0 aromatic heterocycles. The van der Waals surface area contributed by atoms with Gasteiger partial charge in [-0.25, -0.2) is 0 Å². The van der Waals surface area contributed by atoms with Crippen LogP contribution in [-0.4, -0.2) is 40.9 Å². The fourth-order valence-electron chi connectivity index (χ4n) is 2.84. The molecule has 1 aliphatic carbocycles. The minimum Gasteiger partial charge on any atom is -0.393 e. The van der Waals surface area contributed by atoms with E-state index in [2.05, 4.69) is 12.6 Å². The Morgan fingerprint density at radius 1 is 1.38 bits per heavy atom. The minimum atomic E-state index is -0.198. The third kappa shape index (κ3) is 2.72. The minimum absolute atomic E-state index is 0.198. The van der Waals surface area contributed by atoms with Gasteiger partial charge in [0.2, 0.25) is 5.91 Å². The van der Waals surface area contributed by atoms with Crippen molar-refractivity contribution < 1.29 is 9.90 Å². The third-order valence-corrected chi connectivity index (χ3v) is 4.39. The van der Waals surface area contributed by atoms with Crippen molar-refractivity contribution in [3.05, 3.63) is 0 Å². The Balaban J connectivity index is 1.86. The van der Waals surface area contributed by atoms with E-state index in [0.717, 1.165) is 38.1 Å². The second-order valence-corrected chi connectivity index (χ2v) is 5.53. The van der Waals surface area contributed by atoms with Gasteiger partial charge in [-0.15, -0.1) is 0 Å². The number of carbonyl (C=O) groups is 1. The molecule has 4 heteroatoms. The molecule has 1 aliphatic heterocycles. The molecule has 1 saturated carbocycles. The van der Waals surface area contributed by atoms with E-state index in [1.807, 2.05) is 4.90 Å². The van der Waals surface area contributed by atoms with Crippen molar-refractivity contribution in [3.8, 4) is 0 Å². The molecule has 1 heterocycles. The standard InChI is InChI=1S/C12H21NO2S/c14-11-4-2-1-3-10(11)7-13-6-9(8-16)5-12(13)15/h9-11,14,16H,1-8H2. The predicted octanol–water partition coefficient (Wildman–Crippen LogP) is 1.32. The molecule has 1 saturated heterocycles. The first-order valence-corrected chi connectivity index (χ1v) is 6.90. The van der Waals surface area contributed by atoms with Gasteiger partial charge in [0.1, 0.15) is 0 Å². The molecule has 1 N–H and O–H groups in total. The molecule has 2 rings (SSSR count). The van der Waals surface area contributed by atoms with E-state index < -0.39 is 0 Å². The molecule has 16 heavy (non-hydrogen) atoms. The van der Waals surface area contributed by atoms with Crippen LogP contribution in [0.25, 0.3) is 0 Å². The highest BCUT2D eigenvalue weighted by Crippen LogP contribution is 2.27. The molecule has 2 fully saturated rings. The van der Waals surface area contributed by atoms with Gasteiger partial charge in [-0.1, -0.05) is 12.8 Å². The topological polar surface area (TPSA) is 40.5 Å². The molecule has 3 unspecified atom stereocenters. The Bertz CT molecular complexity index is 259. The molecule has 2 aliphatic rings. The number of hydrogen-bond acceptors (Lipinski definition) is 3. The van der Waals surface area contributed by atoms with Gasteiger partial charge < -0.3 is 10.0 Å². The molecule has 0 bridgehead atoms. The first-order valence-electron chi connectivity index (χ1n) is 6.27. The molecule has 1 amide bonds. The SMILES string of the molecule is O=C1CC(CS)CN1CC1CCCCC1O. The molecule has 0 aromatic rings. The highest BCUT2D eigenvalue weighted by Gasteiger charge is 2.32. The van der Waals surface area contributed by atoms with Crippen LogP contribution < -0.4 is 0 Å². The molecular formula is C12H21NO2S. The molecule has 3 nitrogen and oxygen atoms in total. The Labute approximate surface area is 103 Å². The van der Waals surface area contributed by atoms with E-state index in [4.69, 9.17) is 0 Å². The number of thiol groups is 1. The van der Waals surface area contributed by atoms with Crippen LogP contribution in [0.1, 0.15) is 32.1 Å². The van der Waals surface area contributed by atoms with Crippen LogP contribution in [0.4, 0.5) is 0 Å². The number of rotatable bonds is 3. The van der Waals surface area contributed by atoms with Crippen LogP contribution in [0.3, 0.4) is 0 Å². The number of hydrogen-bond donors (Lipinski definition) is 2. The summed E-state index contributed by atoms with van der Waals surface area (Å²) in [7, 11) is 0. The number of nitrogens with zero attached hydrogens (tertiary/aromatic N) is 1. The number of aliphatic hydroxyl groups excluding tert-OH is 1. The van der Waals surface area contributed by atoms with E-state index >= 15 is 0 Å². The smallest absolute Gasteiger partial charge is 0.222 e. The largest absolute Gasteiger partial charge is 0.393 e. The summed E-state index contributed by atoms with van der Waals surface area (Å²) in [6.45, 7) is 1.59. The molecule has 0 aromatic carbocycles. The van der Waals surface area contributed by atoms with Crippen molar-refractivity contribution in [2.75, 3.05) is 18.8 Å². The summed E-state index contributed by atoms with van der Waals surface area (Å²) in [5.74, 6) is 1.75. The lowest BCUT2D eigenvalue weighted by Crippen LogP contribution is -2.37. The van der Waals surface area contributed by atoms with Gasteiger partial charge in [-0.05, 0) is 24.5 Å². The van der Waals surface area contributed by atoms with Gasteiger partial charge in [-0.3, -0.25) is 4.79 Å². The molecule has 0 radical (unpaired) electrons. The average Bonchev–Trinajstić information content (AvgIpc) is 2.63. The van der Waals surface area contributed by atoms with Gasteiger partial charge in [-0.2, -0.15) is 12.6 Å². The van der Waals surface area contributed by atoms with Gasteiger partial charge in [0.05, 0.1) is 6.10 Å². The van der Waals surface area contributed by atoms with E-state index in [-0.39, 0.29) is 12.0 Å². The third-order valence-electron chi connectivity index (χ3n) is 3.88. The lowest BCUT2D eigenvalue weighted by atomic mass is 9.86. The Morgan fingerprint density at radius 3 is 2.75 bits per heavy atom. The maximum atomic E-state index is 11.7. The van der Waals surface area contributed by atoms with Crippen molar-refractivity contribution in [1.82, 2.24) is 4.90 Å². The first kappa shape index (κ1) is 12.2. The van der Waals surface area contributed by atoms with E-state index in [0.29, 0.717) is 18.3 Å². The fourth-order valence-corrected chi connectivity index (χ4v) is 3.08. The highest BCUT2D eigenvalue weighted by molar-refractivity contribution is 7.80. The van der Waals surface area contributed by atoms with E-state index in [9.17, 15) is 9.90 Å². The van der Waals surface area contributed by atoms with Crippen molar-refractivity contribution in [1.29, 1.82) is 0 Å². The van der Waals surface area contributed by atoms with Crippen molar-refractivity contribution in [2.24, 2.45) is 11.8 Å². The van der Waals surface area contributed by atoms with Crippen LogP contribution in [-0.2, 0) is 4.79 Å². The zero-order chi connectivity index (χ0) is 11.5. The second kappa shape index (κ2) is 5.41. The summed E-state index contributed by atoms with van der Waals surface area (Å²) in [5, 5.41) is 9.89. The Morgan fingerprint density at radius 2 is 2.12 bits per heavy atom. The Hall–Kier alpha value is -0.220. The number of amides is 1. The predicted molar refractivity (Wildman–Crippen MR) is 66.5 cm³/mol. The summed E-state index contributed by atoms with van der Waals surface area (Å²) < 4.78 is 0. The van der Waals surface area contributed by atoms with Crippen LogP contribution >= 0.6 is 12.6 Å². The van der Waals surface area contributed by atoms with Crippen LogP contribution in [0.5, 0.6) is 0 Å². The number of likely N-dealkylation sites (tertiary alicyclic amines) is 1. The average molecular weight is 243 g/mol. The zero-order valence-corrected chi connectivity index (χ0v) is 10.5. The van der Waals surface area contributed by atoms with Crippen molar-refractivity contribution in [2.45, 2.75) is 38.2 Å². The van der Waals surface area contributed by atoms with Crippen LogP contribution in [0, 0.1) is 11.8 Å². The van der Waals surface area contributed by atoms with Gasteiger partial charge in [0.15, 0.2) is 0 Å². The van der Waals surface area contributed by atoms with E-state index in [1.165, 1.54) is 6.42 Å². The van der Waals surface area contributed by atoms with Gasteiger partial charge >= 0.3 is 0 Å². The maximum absolute atomic E-state index is 11.7. The van der Waals surface area contributed by atoms with Crippen molar-refractivity contribution in [3.63, 3.8) is 0 Å². The first-order chi connectivity index (χ1) is 7.70. The monoisotopic (exact) mass is 243 g/mol. The maximum Gasteiger partial charge on any atom is 0.222 e. The van der Waals surface area contributed by atoms with Crippen LogP contribution in [0.2, 0.25) is 0 Å². The summed E-state index contributed by atoms with van der Waals surface area (Å²) in [6.07, 6.45) is 4.74. The van der Waals surface area contributed by atoms with E-state index in [1.54, 1.807) is 0 Å². The lowest BCUT2D eigenvalue weighted by Gasteiger charge is -2.31. The van der Waals surface area contributed by atoms with Gasteiger partial charge in [0.25, 0.3) is 0 Å². The number of aliphatic hydroxyl groups is 1. The summed E-state index contributed by atoms with van der Waals surface area (Å²) in [5.41, 5.74) is 0. The molecule has 0 spiro atoms. The quantitative estimate of drug-likeness (QED) is 0.734. The summed E-state index contributed by atoms with van der Waals surface area (Å²) in [4.78, 5) is 13.7. The normalized spacial score (nSPS) is 35.8. The van der Waals surface area contributed by atoms with Crippen molar-refractivity contribution >= 4 is 18.5 Å². The lowest BCUT2D eigenvalue weighted by molar-refractivity contribution is -0.129. The second-order valence-electron chi connectivity index (χ2n) is 5.16. The molecular weight excluding hydrogens is 222 g/mol. The highest BCUT2D eigenvalue weighted by atomic mass is 32.1. The van der Waals surface area contributed by atoms with Crippen LogP contribution in [0.15, 0.2) is 0 Å². The molecule has 92 valence electrons. The molecule has 3 atom stereocenters. The summed E-state index contributed by atoms with van der Waals surface area (Å²) >= 11 is 4.25. The zero-order valence-electron chi connectivity index (χ0n) is 9.64.